The Morgan fingerprint density at radius 1 is 1.16 bits per heavy atom. The van der Waals surface area contributed by atoms with Crippen LogP contribution >= 0.6 is 9.39 Å². The Morgan fingerprint density at radius 2 is 1.88 bits per heavy atom. The second kappa shape index (κ2) is 9.86. The van der Waals surface area contributed by atoms with E-state index < -0.39 is 0 Å². The van der Waals surface area contributed by atoms with Crippen LogP contribution in [-0.2, 0) is 21.0 Å². The first-order chi connectivity index (χ1) is 12.1. The molecule has 1 saturated heterocycles. The summed E-state index contributed by atoms with van der Waals surface area (Å²) >= 11 is 0. The number of benzene rings is 2. The van der Waals surface area contributed by atoms with Gasteiger partial charge in [-0.25, -0.2) is 4.79 Å². The lowest BCUT2D eigenvalue weighted by atomic mass is 9.94. The van der Waals surface area contributed by atoms with E-state index in [1.807, 2.05) is 0 Å². The lowest BCUT2D eigenvalue weighted by Crippen LogP contribution is -2.24. The molecule has 3 rings (SSSR count). The summed E-state index contributed by atoms with van der Waals surface area (Å²) in [5.74, 6) is 0.0990. The average Bonchev–Trinajstić information content (AvgIpc) is 3.03. The maximum absolute atomic E-state index is 11.4. The van der Waals surface area contributed by atoms with Gasteiger partial charge in [0.2, 0.25) is 0 Å². The number of carbonyl (C=O) groups excluding carboxylic acids is 1. The average molecular weight is 361 g/mol. The van der Waals surface area contributed by atoms with E-state index in [1.165, 1.54) is 23.4 Å². The highest BCUT2D eigenvalue weighted by Crippen LogP contribution is 2.29. The van der Waals surface area contributed by atoms with Gasteiger partial charge >= 0.3 is 5.97 Å². The Kier molecular flexibility index (Phi) is 7.83. The molecule has 2 aromatic carbocycles. The summed E-state index contributed by atoms with van der Waals surface area (Å²) in [6, 6.07) is 15.0. The molecule has 2 unspecified atom stereocenters. The first kappa shape index (κ1) is 19.8. The van der Waals surface area contributed by atoms with Crippen molar-refractivity contribution in [2.45, 2.75) is 26.7 Å². The zero-order chi connectivity index (χ0) is 18.2. The molecule has 0 aliphatic carbocycles. The lowest BCUT2D eigenvalue weighted by Gasteiger charge is -2.12. The van der Waals surface area contributed by atoms with Crippen LogP contribution in [0.25, 0.3) is 10.8 Å². The van der Waals surface area contributed by atoms with Gasteiger partial charge in [-0.1, -0.05) is 72.1 Å². The van der Waals surface area contributed by atoms with Crippen molar-refractivity contribution in [1.29, 1.82) is 0 Å². The lowest BCUT2D eigenvalue weighted by molar-refractivity contribution is -0.259. The monoisotopic (exact) mass is 361 g/mol. The molecular formula is C20H28NO3P. The molecule has 0 spiro atoms. The molecule has 0 saturated carbocycles. The Bertz CT molecular complexity index is 686. The smallest absolute Gasteiger partial charge is 0.298 e. The Hall–Kier alpha value is -1.48. The second-order valence-corrected chi connectivity index (χ2v) is 7.02. The molecule has 4 nitrogen and oxygen atoms in total. The minimum absolute atomic E-state index is 0.0394. The highest BCUT2D eigenvalue weighted by atomic mass is 31.0. The zero-order valence-corrected chi connectivity index (χ0v) is 16.4. The fraction of sp³-hybridized carbons (Fsp3) is 0.450. The molecule has 136 valence electrons. The van der Waals surface area contributed by atoms with E-state index in [2.05, 4.69) is 80.1 Å². The van der Waals surface area contributed by atoms with Gasteiger partial charge in [0.15, 0.2) is 0 Å². The molecule has 0 amide bonds. The largest absolute Gasteiger partial charge is 0.347 e. The third-order valence-corrected chi connectivity index (χ3v) is 5.14. The Balaban J connectivity index is 0.000000181. The second-order valence-electron chi connectivity index (χ2n) is 6.29. The number of nitrogens with zero attached hydrogens (tertiary/aromatic N) is 1. The van der Waals surface area contributed by atoms with Crippen LogP contribution in [0.4, 0.5) is 0 Å². The Labute approximate surface area is 152 Å². The van der Waals surface area contributed by atoms with Crippen LogP contribution in [0.1, 0.15) is 25.8 Å². The maximum Gasteiger partial charge on any atom is 0.347 e. The molecule has 1 aliphatic heterocycles. The van der Waals surface area contributed by atoms with Crippen LogP contribution in [0.2, 0.25) is 0 Å². The van der Waals surface area contributed by atoms with Crippen LogP contribution in [0, 0.1) is 11.8 Å². The summed E-state index contributed by atoms with van der Waals surface area (Å²) in [6.45, 7) is 5.96. The van der Waals surface area contributed by atoms with E-state index in [0.29, 0.717) is 5.92 Å². The van der Waals surface area contributed by atoms with Crippen molar-refractivity contribution >= 4 is 26.1 Å². The molecule has 0 N–H and O–H groups in total. The van der Waals surface area contributed by atoms with E-state index in [9.17, 15) is 4.79 Å². The molecule has 3 atom stereocenters. The molecule has 0 radical (unpaired) electrons. The third-order valence-electron chi connectivity index (χ3n) is 4.72. The minimum Gasteiger partial charge on any atom is -0.298 e. The fourth-order valence-corrected chi connectivity index (χ4v) is 3.83. The van der Waals surface area contributed by atoms with Crippen molar-refractivity contribution in [3.05, 3.63) is 48.0 Å². The van der Waals surface area contributed by atoms with Gasteiger partial charge in [-0.3, -0.25) is 9.56 Å². The van der Waals surface area contributed by atoms with Gasteiger partial charge in [0.25, 0.3) is 0 Å². The molecule has 1 aliphatic rings. The Morgan fingerprint density at radius 3 is 2.56 bits per heavy atom. The summed E-state index contributed by atoms with van der Waals surface area (Å²) in [6.07, 6.45) is 2.11. The molecule has 25 heavy (non-hydrogen) atoms. The summed E-state index contributed by atoms with van der Waals surface area (Å²) in [5, 5.41) is 2.74. The molecule has 2 aromatic rings. The van der Waals surface area contributed by atoms with E-state index in [-0.39, 0.29) is 11.9 Å². The predicted octanol–water partition coefficient (Wildman–Crippen LogP) is 4.24. The molecule has 0 bridgehead atoms. The van der Waals surface area contributed by atoms with Crippen LogP contribution in [0.3, 0.4) is 0 Å². The van der Waals surface area contributed by atoms with E-state index in [1.54, 1.807) is 0 Å². The van der Waals surface area contributed by atoms with Gasteiger partial charge < -0.3 is 0 Å². The van der Waals surface area contributed by atoms with Gasteiger partial charge in [-0.2, -0.15) is 4.89 Å². The van der Waals surface area contributed by atoms with Crippen LogP contribution in [-0.4, -0.2) is 30.8 Å². The molecule has 1 fully saturated rings. The number of carbonyl (C=O) groups is 1. The van der Waals surface area contributed by atoms with Crippen LogP contribution < -0.4 is 0 Å². The molecule has 1 heterocycles. The number of rotatable bonds is 4. The van der Waals surface area contributed by atoms with Crippen molar-refractivity contribution in [3.63, 3.8) is 0 Å². The van der Waals surface area contributed by atoms with Gasteiger partial charge in [-0.15, -0.1) is 0 Å². The number of hydrogen-bond donors (Lipinski definition) is 0. The summed E-state index contributed by atoms with van der Waals surface area (Å²) in [7, 11) is 3.97. The standard InChI is InChI=1S/C12H12.C8H16NO3P/c1-2-10-7-5-8-11-6-3-4-9-12(10)11;1-3-6-4-9(13)5-7(6)8(10)12-11-2/h3-9H,2H2,1H3;6-7H,3-5,13H2,1-2H3/t;6-,7?/m.1/s1. The van der Waals surface area contributed by atoms with Gasteiger partial charge in [0.05, 0.1) is 13.0 Å². The first-order valence-electron chi connectivity index (χ1n) is 8.81. The van der Waals surface area contributed by atoms with Crippen molar-refractivity contribution < 1.29 is 14.6 Å². The van der Waals surface area contributed by atoms with Crippen molar-refractivity contribution in [2.75, 3.05) is 20.2 Å². The quantitative estimate of drug-likeness (QED) is 0.464. The molecule has 0 aromatic heterocycles. The normalized spacial score (nSPS) is 20.2. The topological polar surface area (TPSA) is 38.8 Å². The highest BCUT2D eigenvalue weighted by molar-refractivity contribution is 7.13. The third kappa shape index (κ3) is 5.24. The SMILES string of the molecule is CC[C@@H]1CN(P)CC1C(=O)OOC.CCc1cccc2ccccc12. The van der Waals surface area contributed by atoms with Crippen molar-refractivity contribution in [2.24, 2.45) is 11.8 Å². The van der Waals surface area contributed by atoms with Crippen molar-refractivity contribution in [3.8, 4) is 0 Å². The summed E-state index contributed by atoms with van der Waals surface area (Å²) in [4.78, 5) is 20.3. The van der Waals surface area contributed by atoms with Crippen molar-refractivity contribution in [1.82, 2.24) is 4.67 Å². The number of fused-ring (bicyclic) bond motifs is 1. The van der Waals surface area contributed by atoms with Gasteiger partial charge in [-0.05, 0) is 28.7 Å². The first-order valence-corrected chi connectivity index (χ1v) is 9.33. The zero-order valence-electron chi connectivity index (χ0n) is 15.3. The minimum atomic E-state index is -0.251. The van der Waals surface area contributed by atoms with E-state index in [4.69, 9.17) is 0 Å². The van der Waals surface area contributed by atoms with E-state index in [0.717, 1.165) is 25.9 Å². The maximum atomic E-state index is 11.4. The van der Waals surface area contributed by atoms with E-state index >= 15 is 0 Å². The highest BCUT2D eigenvalue weighted by Gasteiger charge is 2.36. The summed E-state index contributed by atoms with van der Waals surface area (Å²) in [5.41, 5.74) is 1.44. The number of hydrogen-bond acceptors (Lipinski definition) is 4. The summed E-state index contributed by atoms with van der Waals surface area (Å²) < 4.78 is 2.07. The number of aryl methyl sites for hydroxylation is 1. The predicted molar refractivity (Wildman–Crippen MR) is 105 cm³/mol. The molecule has 5 heteroatoms. The van der Waals surface area contributed by atoms with Crippen LogP contribution in [0.15, 0.2) is 42.5 Å². The fourth-order valence-electron chi connectivity index (χ4n) is 3.33. The molecular weight excluding hydrogens is 333 g/mol. The van der Waals surface area contributed by atoms with Gasteiger partial charge in [0, 0.05) is 13.1 Å². The van der Waals surface area contributed by atoms with Gasteiger partial charge in [0.1, 0.15) is 0 Å². The van der Waals surface area contributed by atoms with Crippen LogP contribution in [0.5, 0.6) is 0 Å².